The first kappa shape index (κ1) is 23.8. The molecule has 0 aromatic heterocycles. The van der Waals surface area contributed by atoms with E-state index in [-0.39, 0.29) is 5.43 Å². The fourth-order valence-corrected chi connectivity index (χ4v) is 4.76. The number of esters is 1. The molecule has 0 saturated carbocycles. The number of carbonyl (C=O) groups is 1. The molecular formula is C27H25N3O5S. The van der Waals surface area contributed by atoms with E-state index in [1.54, 1.807) is 25.3 Å². The zero-order chi connectivity index (χ0) is 25.2. The predicted octanol–water partition coefficient (Wildman–Crippen LogP) is 3.96. The van der Waals surface area contributed by atoms with Crippen molar-refractivity contribution in [2.24, 2.45) is 0 Å². The molecule has 0 unspecified atom stereocenters. The number of ether oxygens (including phenoxy) is 2. The van der Waals surface area contributed by atoms with E-state index in [2.05, 4.69) is 15.5 Å². The van der Waals surface area contributed by atoms with Gasteiger partial charge in [0.2, 0.25) is 0 Å². The van der Waals surface area contributed by atoms with Crippen LogP contribution in [0.3, 0.4) is 0 Å². The van der Waals surface area contributed by atoms with Crippen LogP contribution in [0.2, 0.25) is 0 Å². The minimum absolute atomic E-state index is 0.173. The summed E-state index contributed by atoms with van der Waals surface area (Å²) in [5.41, 5.74) is 3.51. The monoisotopic (exact) mass is 503 g/mol. The summed E-state index contributed by atoms with van der Waals surface area (Å²) in [6, 6.07) is 15.6. The number of fused-ring (bicyclic) bond motifs is 2. The number of rotatable bonds is 4. The van der Waals surface area contributed by atoms with Crippen molar-refractivity contribution in [1.29, 1.82) is 0 Å². The molecule has 0 radical (unpaired) electrons. The van der Waals surface area contributed by atoms with Crippen LogP contribution in [0, 0.1) is 0 Å². The van der Waals surface area contributed by atoms with Gasteiger partial charge in [0.15, 0.2) is 10.5 Å². The Bertz CT molecular complexity index is 1490. The standard InChI is InChI=1S/C27H25N3O5S/c1-33-18-5-8-21-24(15-18)35-23-14-17(31)4-7-20(23)25(21)19-6-3-16(13-22(19)26(32)34-2)29-27(36)30-11-9-28-10-12-30/h3-8,13-15,28H,9-12H2,1-2H3,(H,29,36). The highest BCUT2D eigenvalue weighted by molar-refractivity contribution is 7.80. The second-order valence-electron chi connectivity index (χ2n) is 8.42. The molecule has 0 atom stereocenters. The van der Waals surface area contributed by atoms with E-state index in [0.29, 0.717) is 44.6 Å². The summed E-state index contributed by atoms with van der Waals surface area (Å²) in [7, 11) is 2.92. The van der Waals surface area contributed by atoms with Gasteiger partial charge < -0.3 is 29.4 Å². The molecule has 5 rings (SSSR count). The van der Waals surface area contributed by atoms with Crippen LogP contribution >= 0.6 is 12.2 Å². The van der Waals surface area contributed by atoms with Crippen molar-refractivity contribution in [3.63, 3.8) is 0 Å². The highest BCUT2D eigenvalue weighted by Gasteiger charge is 2.23. The highest BCUT2D eigenvalue weighted by atomic mass is 32.1. The van der Waals surface area contributed by atoms with E-state index in [1.807, 2.05) is 24.3 Å². The maximum absolute atomic E-state index is 13.0. The quantitative estimate of drug-likeness (QED) is 0.244. The Labute approximate surface area is 213 Å². The lowest BCUT2D eigenvalue weighted by Gasteiger charge is -2.30. The molecule has 2 aromatic carbocycles. The fraction of sp³-hybridized carbons (Fsp3) is 0.222. The molecule has 2 aliphatic heterocycles. The summed E-state index contributed by atoms with van der Waals surface area (Å²) in [5.74, 6) is 0.540. The number of benzene rings is 3. The van der Waals surface area contributed by atoms with Crippen LogP contribution in [-0.2, 0) is 4.74 Å². The molecular weight excluding hydrogens is 478 g/mol. The first-order chi connectivity index (χ1) is 17.5. The molecule has 2 heterocycles. The van der Waals surface area contributed by atoms with Gasteiger partial charge >= 0.3 is 5.97 Å². The first-order valence-electron chi connectivity index (χ1n) is 11.5. The maximum atomic E-state index is 13.0. The predicted molar refractivity (Wildman–Crippen MR) is 143 cm³/mol. The SMILES string of the molecule is COC(=O)c1cc(NC(=S)N2CCNCC2)ccc1-c1c2ccc(=O)cc-2oc2cc(OC)ccc12. The van der Waals surface area contributed by atoms with Gasteiger partial charge in [-0.15, -0.1) is 0 Å². The van der Waals surface area contributed by atoms with Gasteiger partial charge in [-0.3, -0.25) is 4.79 Å². The van der Waals surface area contributed by atoms with Crippen molar-refractivity contribution in [3.8, 4) is 28.2 Å². The van der Waals surface area contributed by atoms with Crippen LogP contribution in [0.1, 0.15) is 10.4 Å². The number of methoxy groups -OCH3 is 2. The maximum Gasteiger partial charge on any atom is 0.338 e. The summed E-state index contributed by atoms with van der Waals surface area (Å²) in [6.07, 6.45) is 0. The minimum Gasteiger partial charge on any atom is -0.497 e. The molecule has 8 nitrogen and oxygen atoms in total. The van der Waals surface area contributed by atoms with Crippen LogP contribution in [0.5, 0.6) is 5.75 Å². The highest BCUT2D eigenvalue weighted by Crippen LogP contribution is 2.42. The minimum atomic E-state index is -0.488. The Balaban J connectivity index is 1.67. The molecule has 0 spiro atoms. The van der Waals surface area contributed by atoms with Crippen molar-refractivity contribution < 1.29 is 18.7 Å². The lowest BCUT2D eigenvalue weighted by atomic mass is 9.90. The zero-order valence-electron chi connectivity index (χ0n) is 19.9. The van der Waals surface area contributed by atoms with Crippen LogP contribution in [0.4, 0.5) is 5.69 Å². The van der Waals surface area contributed by atoms with Crippen molar-refractivity contribution in [3.05, 3.63) is 70.4 Å². The average Bonchev–Trinajstić information content (AvgIpc) is 2.91. The van der Waals surface area contributed by atoms with Gasteiger partial charge in [0, 0.05) is 60.5 Å². The number of thiocarbonyl (C=S) groups is 1. The Kier molecular flexibility index (Phi) is 6.58. The third-order valence-corrected chi connectivity index (χ3v) is 6.61. The number of nitrogens with one attached hydrogen (secondary N) is 2. The number of piperazine rings is 1. The third-order valence-electron chi connectivity index (χ3n) is 6.25. The topological polar surface area (TPSA) is 93.0 Å². The van der Waals surface area contributed by atoms with Gasteiger partial charge in [0.25, 0.3) is 0 Å². The Morgan fingerprint density at radius 1 is 1.03 bits per heavy atom. The molecule has 2 aromatic rings. The third kappa shape index (κ3) is 4.50. The zero-order valence-corrected chi connectivity index (χ0v) is 20.7. The molecule has 2 N–H and O–H groups in total. The van der Waals surface area contributed by atoms with Gasteiger partial charge in [0.05, 0.1) is 19.8 Å². The van der Waals surface area contributed by atoms with E-state index in [1.165, 1.54) is 19.2 Å². The number of hydrogen-bond donors (Lipinski definition) is 2. The van der Waals surface area contributed by atoms with Crippen LogP contribution in [0.15, 0.2) is 63.8 Å². The Hall–Kier alpha value is -3.95. The fourth-order valence-electron chi connectivity index (χ4n) is 4.46. The molecule has 3 aliphatic rings. The lowest BCUT2D eigenvalue weighted by molar-refractivity contribution is 0.0601. The number of carbonyl (C=O) groups excluding carboxylic acids is 1. The Morgan fingerprint density at radius 2 is 1.81 bits per heavy atom. The van der Waals surface area contributed by atoms with Crippen molar-refractivity contribution in [2.45, 2.75) is 0 Å². The van der Waals surface area contributed by atoms with Gasteiger partial charge in [-0.25, -0.2) is 4.79 Å². The molecule has 1 aliphatic carbocycles. The summed E-state index contributed by atoms with van der Waals surface area (Å²) in [4.78, 5) is 27.2. The Morgan fingerprint density at radius 3 is 2.56 bits per heavy atom. The normalized spacial score (nSPS) is 13.6. The molecule has 1 fully saturated rings. The van der Waals surface area contributed by atoms with E-state index in [9.17, 15) is 9.59 Å². The van der Waals surface area contributed by atoms with Crippen molar-refractivity contribution >= 4 is 40.0 Å². The molecule has 36 heavy (non-hydrogen) atoms. The molecule has 9 heteroatoms. The molecule has 0 bridgehead atoms. The van der Waals surface area contributed by atoms with Crippen LogP contribution in [-0.4, -0.2) is 56.4 Å². The second-order valence-corrected chi connectivity index (χ2v) is 8.80. The molecule has 1 saturated heterocycles. The number of anilines is 1. The van der Waals surface area contributed by atoms with E-state index < -0.39 is 5.97 Å². The van der Waals surface area contributed by atoms with Gasteiger partial charge in [-0.2, -0.15) is 0 Å². The molecule has 0 amide bonds. The summed E-state index contributed by atoms with van der Waals surface area (Å²) < 4.78 is 16.6. The first-order valence-corrected chi connectivity index (χ1v) is 11.9. The summed E-state index contributed by atoms with van der Waals surface area (Å²) in [5, 5.41) is 7.93. The van der Waals surface area contributed by atoms with E-state index >= 15 is 0 Å². The van der Waals surface area contributed by atoms with Crippen LogP contribution in [0.25, 0.3) is 33.4 Å². The largest absolute Gasteiger partial charge is 0.497 e. The summed E-state index contributed by atoms with van der Waals surface area (Å²) in [6.45, 7) is 3.35. The van der Waals surface area contributed by atoms with E-state index in [0.717, 1.165) is 37.1 Å². The second kappa shape index (κ2) is 9.96. The number of hydrogen-bond acceptors (Lipinski definition) is 7. The smallest absolute Gasteiger partial charge is 0.338 e. The van der Waals surface area contributed by atoms with Gasteiger partial charge in [-0.05, 0) is 54.2 Å². The van der Waals surface area contributed by atoms with Gasteiger partial charge in [-0.1, -0.05) is 6.07 Å². The number of nitrogens with zero attached hydrogens (tertiary/aromatic N) is 1. The molecule has 184 valence electrons. The van der Waals surface area contributed by atoms with Crippen LogP contribution < -0.4 is 20.8 Å². The van der Waals surface area contributed by atoms with Crippen molar-refractivity contribution in [1.82, 2.24) is 10.2 Å². The van der Waals surface area contributed by atoms with Gasteiger partial charge in [0.1, 0.15) is 17.1 Å². The summed E-state index contributed by atoms with van der Waals surface area (Å²) >= 11 is 5.60. The van der Waals surface area contributed by atoms with E-state index in [4.69, 9.17) is 26.1 Å². The lowest BCUT2D eigenvalue weighted by Crippen LogP contribution is -2.47. The average molecular weight is 504 g/mol. The van der Waals surface area contributed by atoms with Crippen molar-refractivity contribution in [2.75, 3.05) is 45.7 Å².